The highest BCUT2D eigenvalue weighted by atomic mass is 16.3. The number of hydrogen-bond acceptors (Lipinski definition) is 5. The molecule has 1 fully saturated rings. The third-order valence-electron chi connectivity index (χ3n) is 3.12. The van der Waals surface area contributed by atoms with E-state index < -0.39 is 11.5 Å². The fourth-order valence-corrected chi connectivity index (χ4v) is 2.36. The summed E-state index contributed by atoms with van der Waals surface area (Å²) in [4.78, 5) is 25.0. The molecule has 2 heterocycles. The highest BCUT2D eigenvalue weighted by Crippen LogP contribution is 2.24. The van der Waals surface area contributed by atoms with E-state index in [1.165, 1.54) is 12.3 Å². The Balaban J connectivity index is 1.73. The van der Waals surface area contributed by atoms with Crippen LogP contribution in [-0.2, 0) is 4.79 Å². The molecule has 2 N–H and O–H groups in total. The summed E-state index contributed by atoms with van der Waals surface area (Å²) in [5.41, 5.74) is -0.667. The van der Waals surface area contributed by atoms with Crippen molar-refractivity contribution in [3.8, 4) is 0 Å². The third kappa shape index (κ3) is 3.42. The van der Waals surface area contributed by atoms with Crippen molar-refractivity contribution in [1.82, 2.24) is 10.2 Å². The third-order valence-corrected chi connectivity index (χ3v) is 3.12. The number of amides is 2. The van der Waals surface area contributed by atoms with Gasteiger partial charge in [0.1, 0.15) is 0 Å². The van der Waals surface area contributed by atoms with Crippen molar-refractivity contribution >= 4 is 11.8 Å². The first-order valence-electron chi connectivity index (χ1n) is 6.35. The summed E-state index contributed by atoms with van der Waals surface area (Å²) in [6.45, 7) is 3.07. The van der Waals surface area contributed by atoms with Crippen molar-refractivity contribution in [3.63, 3.8) is 0 Å². The Kier molecular flexibility index (Phi) is 4.01. The average Bonchev–Trinajstić information content (AvgIpc) is 2.80. The van der Waals surface area contributed by atoms with Gasteiger partial charge in [-0.3, -0.25) is 19.8 Å². The van der Waals surface area contributed by atoms with Gasteiger partial charge in [-0.15, -0.1) is 0 Å². The number of imide groups is 1. The summed E-state index contributed by atoms with van der Waals surface area (Å²) in [6.07, 6.45) is 3.02. The second kappa shape index (κ2) is 5.54. The van der Waals surface area contributed by atoms with Gasteiger partial charge in [-0.1, -0.05) is 13.3 Å². The fraction of sp³-hybridized carbons (Fsp3) is 0.538. The number of aliphatic hydroxyl groups is 1. The molecule has 0 aromatic carbocycles. The molecule has 1 aromatic rings. The van der Waals surface area contributed by atoms with E-state index >= 15 is 0 Å². The number of nitrogens with one attached hydrogen (secondary N) is 1. The number of likely N-dealkylation sites (tertiary alicyclic amines) is 1. The van der Waals surface area contributed by atoms with Gasteiger partial charge in [0.2, 0.25) is 5.91 Å². The van der Waals surface area contributed by atoms with Crippen LogP contribution in [0.25, 0.3) is 0 Å². The molecule has 0 atom stereocenters. The average molecular weight is 266 g/mol. The van der Waals surface area contributed by atoms with E-state index in [0.717, 1.165) is 12.8 Å². The second-order valence-electron chi connectivity index (χ2n) is 4.97. The van der Waals surface area contributed by atoms with Gasteiger partial charge < -0.3 is 9.52 Å². The minimum Gasteiger partial charge on any atom is -0.459 e. The summed E-state index contributed by atoms with van der Waals surface area (Å²) in [7, 11) is 0. The molecule has 2 rings (SSSR count). The van der Waals surface area contributed by atoms with E-state index in [4.69, 9.17) is 4.42 Å². The van der Waals surface area contributed by atoms with Crippen LogP contribution in [0.1, 0.15) is 30.3 Å². The zero-order chi connectivity index (χ0) is 13.9. The maximum atomic E-state index is 11.6. The minimum atomic E-state index is -0.667. The molecule has 0 aliphatic carbocycles. The molecule has 19 heavy (non-hydrogen) atoms. The number of rotatable bonds is 5. The SMILES string of the molecule is CCCC1(O)CN(CC(=O)NC(=O)c2ccco2)C1. The van der Waals surface area contributed by atoms with Gasteiger partial charge in [-0.25, -0.2) is 0 Å². The zero-order valence-corrected chi connectivity index (χ0v) is 10.9. The first-order chi connectivity index (χ1) is 9.02. The van der Waals surface area contributed by atoms with Crippen LogP contribution in [0.15, 0.2) is 22.8 Å². The van der Waals surface area contributed by atoms with E-state index in [2.05, 4.69) is 5.32 Å². The Morgan fingerprint density at radius 3 is 2.84 bits per heavy atom. The predicted molar refractivity (Wildman–Crippen MR) is 67.5 cm³/mol. The standard InChI is InChI=1S/C13H18N2O4/c1-2-5-13(18)8-15(9-13)7-11(16)14-12(17)10-4-3-6-19-10/h3-4,6,18H,2,5,7-9H2,1H3,(H,14,16,17). The number of hydrogen-bond donors (Lipinski definition) is 2. The molecular formula is C13H18N2O4. The summed E-state index contributed by atoms with van der Waals surface area (Å²) in [5, 5.41) is 12.2. The van der Waals surface area contributed by atoms with Crippen molar-refractivity contribution in [3.05, 3.63) is 24.2 Å². The summed E-state index contributed by atoms with van der Waals surface area (Å²) in [5.74, 6) is -0.821. The minimum absolute atomic E-state index is 0.110. The van der Waals surface area contributed by atoms with Crippen LogP contribution in [0.5, 0.6) is 0 Å². The molecule has 2 amide bonds. The number of furan rings is 1. The Bertz CT molecular complexity index is 449. The molecule has 1 aromatic heterocycles. The molecule has 0 saturated carbocycles. The van der Waals surface area contributed by atoms with Gasteiger partial charge in [0.05, 0.1) is 18.4 Å². The molecule has 104 valence electrons. The molecule has 1 aliphatic rings. The Morgan fingerprint density at radius 1 is 1.53 bits per heavy atom. The molecule has 0 unspecified atom stereocenters. The van der Waals surface area contributed by atoms with Gasteiger partial charge in [-0.05, 0) is 18.6 Å². The fourth-order valence-electron chi connectivity index (χ4n) is 2.36. The van der Waals surface area contributed by atoms with E-state index in [0.29, 0.717) is 13.1 Å². The van der Waals surface area contributed by atoms with E-state index in [9.17, 15) is 14.7 Å². The lowest BCUT2D eigenvalue weighted by atomic mass is 9.89. The lowest BCUT2D eigenvalue weighted by molar-refractivity contribution is -0.132. The smallest absolute Gasteiger partial charge is 0.293 e. The van der Waals surface area contributed by atoms with Crippen molar-refractivity contribution in [2.75, 3.05) is 19.6 Å². The van der Waals surface area contributed by atoms with Gasteiger partial charge in [-0.2, -0.15) is 0 Å². The van der Waals surface area contributed by atoms with Crippen molar-refractivity contribution in [2.45, 2.75) is 25.4 Å². The van der Waals surface area contributed by atoms with Gasteiger partial charge in [0, 0.05) is 13.1 Å². The molecule has 0 bridgehead atoms. The zero-order valence-electron chi connectivity index (χ0n) is 10.9. The highest BCUT2D eigenvalue weighted by Gasteiger charge is 2.40. The molecule has 6 nitrogen and oxygen atoms in total. The summed E-state index contributed by atoms with van der Waals surface area (Å²) in [6, 6.07) is 3.08. The highest BCUT2D eigenvalue weighted by molar-refractivity contribution is 6.03. The number of carbonyl (C=O) groups excluding carboxylic acids is 2. The van der Waals surface area contributed by atoms with Crippen LogP contribution in [0, 0.1) is 0 Å². The van der Waals surface area contributed by atoms with Crippen molar-refractivity contribution in [1.29, 1.82) is 0 Å². The molecule has 1 saturated heterocycles. The van der Waals surface area contributed by atoms with Gasteiger partial charge >= 0.3 is 0 Å². The van der Waals surface area contributed by atoms with E-state index in [1.807, 2.05) is 6.92 Å². The first kappa shape index (κ1) is 13.8. The quantitative estimate of drug-likeness (QED) is 0.805. The molecule has 6 heteroatoms. The summed E-state index contributed by atoms with van der Waals surface area (Å²) >= 11 is 0. The van der Waals surface area contributed by atoms with Crippen molar-refractivity contribution in [2.24, 2.45) is 0 Å². The van der Waals surface area contributed by atoms with Crippen LogP contribution in [0.4, 0.5) is 0 Å². The van der Waals surface area contributed by atoms with E-state index in [1.54, 1.807) is 11.0 Å². The van der Waals surface area contributed by atoms with Gasteiger partial charge in [0.15, 0.2) is 5.76 Å². The number of nitrogens with zero attached hydrogens (tertiary/aromatic N) is 1. The van der Waals surface area contributed by atoms with Gasteiger partial charge in [0.25, 0.3) is 5.91 Å². The van der Waals surface area contributed by atoms with Crippen LogP contribution in [0.2, 0.25) is 0 Å². The number of carbonyl (C=O) groups is 2. The number of β-amino-alcohol motifs (C(OH)–C–C–N with tert-alkyl or cyclic N) is 1. The molecule has 0 spiro atoms. The topological polar surface area (TPSA) is 82.8 Å². The van der Waals surface area contributed by atoms with Crippen LogP contribution < -0.4 is 5.32 Å². The summed E-state index contributed by atoms with van der Waals surface area (Å²) < 4.78 is 4.89. The normalized spacial score (nSPS) is 17.8. The van der Waals surface area contributed by atoms with Crippen LogP contribution >= 0.6 is 0 Å². The lowest BCUT2D eigenvalue weighted by Gasteiger charge is -2.46. The van der Waals surface area contributed by atoms with Crippen LogP contribution in [-0.4, -0.2) is 47.1 Å². The lowest BCUT2D eigenvalue weighted by Crippen LogP contribution is -2.63. The van der Waals surface area contributed by atoms with Crippen molar-refractivity contribution < 1.29 is 19.1 Å². The molecular weight excluding hydrogens is 248 g/mol. The maximum absolute atomic E-state index is 11.6. The van der Waals surface area contributed by atoms with Crippen LogP contribution in [0.3, 0.4) is 0 Å². The Morgan fingerprint density at radius 2 is 2.26 bits per heavy atom. The van der Waals surface area contributed by atoms with E-state index in [-0.39, 0.29) is 18.2 Å². The Hall–Kier alpha value is -1.66. The second-order valence-corrected chi connectivity index (χ2v) is 4.97. The maximum Gasteiger partial charge on any atom is 0.293 e. The monoisotopic (exact) mass is 266 g/mol. The molecule has 0 radical (unpaired) electrons. The Labute approximate surface area is 111 Å². The first-order valence-corrected chi connectivity index (χ1v) is 6.35. The largest absolute Gasteiger partial charge is 0.459 e. The molecule has 1 aliphatic heterocycles. The predicted octanol–water partition coefficient (Wildman–Crippen LogP) is 0.383.